The molecule has 2 aromatic carbocycles. The molecule has 7 heteroatoms. The third-order valence-electron chi connectivity index (χ3n) is 4.69. The Morgan fingerprint density at radius 2 is 1.90 bits per heavy atom. The van der Waals surface area contributed by atoms with Crippen LogP contribution in [0.4, 0.5) is 5.69 Å². The van der Waals surface area contributed by atoms with Crippen LogP contribution in [0.1, 0.15) is 11.3 Å². The number of rotatable bonds is 7. The number of aryl methyl sites for hydroxylation is 1. The number of hydrogen-bond donors (Lipinski definition) is 1. The number of furan rings is 1. The Bertz CT molecular complexity index is 1300. The van der Waals surface area contributed by atoms with Gasteiger partial charge in [-0.3, -0.25) is 0 Å². The van der Waals surface area contributed by atoms with Gasteiger partial charge in [0.2, 0.25) is 0 Å². The maximum Gasteiger partial charge on any atom is 0.336 e. The first-order chi connectivity index (χ1) is 14.5. The SMILES string of the molecule is C=C(Nc1ccc2c(C)cc(=O)oc2c1)OCc1cc2cc(OC)cc(OC)c2o1. The van der Waals surface area contributed by atoms with E-state index < -0.39 is 0 Å². The average Bonchev–Trinajstić information content (AvgIpc) is 3.14. The van der Waals surface area contributed by atoms with Crippen molar-refractivity contribution < 1.29 is 23.0 Å². The smallest absolute Gasteiger partial charge is 0.336 e. The van der Waals surface area contributed by atoms with Crippen LogP contribution in [0, 0.1) is 6.92 Å². The molecule has 30 heavy (non-hydrogen) atoms. The normalized spacial score (nSPS) is 10.9. The molecule has 1 N–H and O–H groups in total. The van der Waals surface area contributed by atoms with E-state index in [1.54, 1.807) is 26.4 Å². The van der Waals surface area contributed by atoms with E-state index in [-0.39, 0.29) is 12.2 Å². The summed E-state index contributed by atoms with van der Waals surface area (Å²) in [5.74, 6) is 2.20. The van der Waals surface area contributed by atoms with Gasteiger partial charge in [-0.05, 0) is 43.3 Å². The molecule has 4 rings (SSSR count). The number of anilines is 1. The van der Waals surface area contributed by atoms with Crippen LogP contribution in [0.25, 0.3) is 21.9 Å². The summed E-state index contributed by atoms with van der Waals surface area (Å²) in [5, 5.41) is 4.78. The van der Waals surface area contributed by atoms with E-state index in [0.717, 1.165) is 16.3 Å². The summed E-state index contributed by atoms with van der Waals surface area (Å²) in [7, 11) is 3.17. The Morgan fingerprint density at radius 1 is 1.07 bits per heavy atom. The van der Waals surface area contributed by atoms with Crippen molar-refractivity contribution in [2.75, 3.05) is 19.5 Å². The molecule has 2 aromatic heterocycles. The van der Waals surface area contributed by atoms with Gasteiger partial charge in [0, 0.05) is 34.7 Å². The largest absolute Gasteiger partial charge is 0.497 e. The van der Waals surface area contributed by atoms with Crippen LogP contribution in [0.3, 0.4) is 0 Å². The topological polar surface area (TPSA) is 83.1 Å². The molecule has 0 saturated heterocycles. The van der Waals surface area contributed by atoms with Gasteiger partial charge in [0.05, 0.1) is 14.2 Å². The fraction of sp³-hybridized carbons (Fsp3) is 0.174. The summed E-state index contributed by atoms with van der Waals surface area (Å²) in [4.78, 5) is 11.6. The predicted octanol–water partition coefficient (Wildman–Crippen LogP) is 4.96. The molecule has 2 heterocycles. The lowest BCUT2D eigenvalue weighted by Crippen LogP contribution is -2.03. The van der Waals surface area contributed by atoms with E-state index in [9.17, 15) is 4.79 Å². The maximum atomic E-state index is 11.6. The Labute approximate surface area is 172 Å². The summed E-state index contributed by atoms with van der Waals surface area (Å²) in [6.45, 7) is 5.92. The third-order valence-corrected chi connectivity index (χ3v) is 4.69. The van der Waals surface area contributed by atoms with E-state index in [1.165, 1.54) is 6.07 Å². The van der Waals surface area contributed by atoms with Crippen LogP contribution in [0.5, 0.6) is 11.5 Å². The lowest BCUT2D eigenvalue weighted by molar-refractivity contribution is 0.185. The Hall–Kier alpha value is -3.87. The molecule has 0 unspecified atom stereocenters. The van der Waals surface area contributed by atoms with Gasteiger partial charge in [0.25, 0.3) is 0 Å². The molecule has 0 bridgehead atoms. The van der Waals surface area contributed by atoms with Crippen LogP contribution in [-0.2, 0) is 11.3 Å². The van der Waals surface area contributed by atoms with Crippen LogP contribution in [0.2, 0.25) is 0 Å². The molecule has 154 valence electrons. The van der Waals surface area contributed by atoms with E-state index in [4.69, 9.17) is 23.0 Å². The van der Waals surface area contributed by atoms with Gasteiger partial charge in [0.1, 0.15) is 23.7 Å². The zero-order valence-electron chi connectivity index (χ0n) is 16.9. The van der Waals surface area contributed by atoms with Crippen molar-refractivity contribution in [2.24, 2.45) is 0 Å². The number of fused-ring (bicyclic) bond motifs is 2. The second-order valence-corrected chi connectivity index (χ2v) is 6.76. The first-order valence-electron chi connectivity index (χ1n) is 9.24. The van der Waals surface area contributed by atoms with Crippen LogP contribution >= 0.6 is 0 Å². The maximum absolute atomic E-state index is 11.6. The number of ether oxygens (including phenoxy) is 3. The number of hydrogen-bond acceptors (Lipinski definition) is 7. The van der Waals surface area contributed by atoms with Crippen molar-refractivity contribution in [1.82, 2.24) is 0 Å². The van der Waals surface area contributed by atoms with Gasteiger partial charge in [-0.1, -0.05) is 0 Å². The molecule has 0 spiro atoms. The van der Waals surface area contributed by atoms with Crippen molar-refractivity contribution in [2.45, 2.75) is 13.5 Å². The van der Waals surface area contributed by atoms with Crippen molar-refractivity contribution in [3.63, 3.8) is 0 Å². The lowest BCUT2D eigenvalue weighted by Gasteiger charge is -2.11. The fourth-order valence-corrected chi connectivity index (χ4v) is 3.25. The van der Waals surface area contributed by atoms with Gasteiger partial charge in [0.15, 0.2) is 17.2 Å². The Kier molecular flexibility index (Phi) is 5.10. The molecule has 4 aromatic rings. The zero-order chi connectivity index (χ0) is 21.3. The molecule has 0 saturated carbocycles. The first kappa shape index (κ1) is 19.4. The van der Waals surface area contributed by atoms with Gasteiger partial charge in [-0.2, -0.15) is 0 Å². The Morgan fingerprint density at radius 3 is 2.67 bits per heavy atom. The second-order valence-electron chi connectivity index (χ2n) is 6.76. The van der Waals surface area contributed by atoms with Gasteiger partial charge < -0.3 is 28.4 Å². The standard InChI is InChI=1S/C23H21NO6/c1-13-7-22(25)30-20-10-16(5-6-19(13)20)24-14(2)28-12-18-9-15-8-17(26-3)11-21(27-4)23(15)29-18/h5-11,24H,2,12H2,1,3-4H3. The van der Waals surface area contributed by atoms with Gasteiger partial charge >= 0.3 is 5.63 Å². The van der Waals surface area contributed by atoms with E-state index in [2.05, 4.69) is 11.9 Å². The van der Waals surface area contributed by atoms with Gasteiger partial charge in [-0.25, -0.2) is 4.79 Å². The molecular formula is C23H21NO6. The van der Waals surface area contributed by atoms with Crippen molar-refractivity contribution in [3.8, 4) is 11.5 Å². The highest BCUT2D eigenvalue weighted by Crippen LogP contribution is 2.33. The van der Waals surface area contributed by atoms with Crippen LogP contribution < -0.4 is 20.4 Å². The van der Waals surface area contributed by atoms with E-state index in [1.807, 2.05) is 31.2 Å². The molecule has 0 aliphatic rings. The molecule has 0 atom stereocenters. The molecule has 0 fully saturated rings. The minimum absolute atomic E-state index is 0.174. The van der Waals surface area contributed by atoms with E-state index in [0.29, 0.717) is 40.0 Å². The summed E-state index contributed by atoms with van der Waals surface area (Å²) >= 11 is 0. The van der Waals surface area contributed by atoms with Crippen LogP contribution in [0.15, 0.2) is 68.6 Å². The lowest BCUT2D eigenvalue weighted by atomic mass is 10.1. The van der Waals surface area contributed by atoms with Crippen molar-refractivity contribution in [1.29, 1.82) is 0 Å². The molecule has 0 amide bonds. The highest BCUT2D eigenvalue weighted by molar-refractivity contribution is 5.85. The number of nitrogens with one attached hydrogen (secondary N) is 1. The monoisotopic (exact) mass is 407 g/mol. The average molecular weight is 407 g/mol. The summed E-state index contributed by atoms with van der Waals surface area (Å²) in [5.41, 5.74) is 2.28. The highest BCUT2D eigenvalue weighted by Gasteiger charge is 2.12. The molecule has 7 nitrogen and oxygen atoms in total. The molecular weight excluding hydrogens is 386 g/mol. The Balaban J connectivity index is 1.47. The fourth-order valence-electron chi connectivity index (χ4n) is 3.25. The zero-order valence-corrected chi connectivity index (χ0v) is 16.9. The van der Waals surface area contributed by atoms with Crippen molar-refractivity contribution in [3.05, 3.63) is 76.7 Å². The summed E-state index contributed by atoms with van der Waals surface area (Å²) in [6, 6.07) is 12.4. The summed E-state index contributed by atoms with van der Waals surface area (Å²) in [6.07, 6.45) is 0. The third kappa shape index (κ3) is 3.82. The molecule has 0 aliphatic carbocycles. The van der Waals surface area contributed by atoms with Crippen molar-refractivity contribution >= 4 is 27.6 Å². The number of benzene rings is 2. The van der Waals surface area contributed by atoms with Crippen LogP contribution in [-0.4, -0.2) is 14.2 Å². The second kappa shape index (κ2) is 7.87. The van der Waals surface area contributed by atoms with E-state index >= 15 is 0 Å². The quantitative estimate of drug-likeness (QED) is 0.342. The highest BCUT2D eigenvalue weighted by atomic mass is 16.5. The summed E-state index contributed by atoms with van der Waals surface area (Å²) < 4.78 is 27.4. The first-order valence-corrected chi connectivity index (χ1v) is 9.24. The molecule has 0 aliphatic heterocycles. The minimum Gasteiger partial charge on any atom is -0.497 e. The predicted molar refractivity (Wildman–Crippen MR) is 114 cm³/mol. The molecule has 0 radical (unpaired) electrons. The van der Waals surface area contributed by atoms with Gasteiger partial charge in [-0.15, -0.1) is 0 Å². The minimum atomic E-state index is -0.385. The number of methoxy groups -OCH3 is 2.